The first-order valence-corrected chi connectivity index (χ1v) is 7.89. The summed E-state index contributed by atoms with van der Waals surface area (Å²) < 4.78 is 17.4. The van der Waals surface area contributed by atoms with Crippen LogP contribution in [-0.4, -0.2) is 15.3 Å². The zero-order chi connectivity index (χ0) is 15.6. The third kappa shape index (κ3) is 3.82. The number of carbonyl (C=O) groups is 1. The van der Waals surface area contributed by atoms with E-state index in [-0.39, 0.29) is 16.7 Å². The molecule has 21 heavy (non-hydrogen) atoms. The summed E-state index contributed by atoms with van der Waals surface area (Å²) in [6.07, 6.45) is 1.16. The van der Waals surface area contributed by atoms with Crippen LogP contribution in [0.3, 0.4) is 0 Å². The van der Waals surface area contributed by atoms with Gasteiger partial charge in [-0.15, -0.1) is 0 Å². The molecule has 5 heteroatoms. The lowest BCUT2D eigenvalue weighted by atomic mass is 9.87. The Kier molecular flexibility index (Phi) is 4.32. The highest BCUT2D eigenvalue weighted by Gasteiger charge is 2.15. The summed E-state index contributed by atoms with van der Waals surface area (Å²) in [4.78, 5) is 11.5. The molecule has 1 aromatic heterocycles. The van der Waals surface area contributed by atoms with Crippen LogP contribution in [-0.2, 0) is 22.0 Å². The van der Waals surface area contributed by atoms with E-state index in [0.29, 0.717) is 10.7 Å². The highest BCUT2D eigenvalue weighted by atomic mass is 32.2. The second-order valence-corrected chi connectivity index (χ2v) is 7.32. The fourth-order valence-electron chi connectivity index (χ4n) is 1.89. The molecule has 0 radical (unpaired) electrons. The molecule has 112 valence electrons. The van der Waals surface area contributed by atoms with Gasteiger partial charge in [0, 0.05) is 4.90 Å². The summed E-state index contributed by atoms with van der Waals surface area (Å²) in [5.74, 6) is -0.474. The van der Waals surface area contributed by atoms with Gasteiger partial charge in [-0.1, -0.05) is 32.9 Å². The second-order valence-electron chi connectivity index (χ2n) is 5.87. The zero-order valence-electron chi connectivity index (χ0n) is 12.3. The SMILES string of the molecule is CC(C)(C)c1ccc(S(=O)Cc2cc(C(=O)O)co2)cc1. The Morgan fingerprint density at radius 2 is 1.86 bits per heavy atom. The molecule has 0 aliphatic carbocycles. The molecule has 4 nitrogen and oxygen atoms in total. The molecule has 0 fully saturated rings. The molecule has 2 aromatic rings. The number of hydrogen-bond donors (Lipinski definition) is 1. The van der Waals surface area contributed by atoms with Gasteiger partial charge in [-0.3, -0.25) is 4.21 Å². The van der Waals surface area contributed by atoms with E-state index in [1.165, 1.54) is 11.6 Å². The van der Waals surface area contributed by atoms with E-state index in [0.717, 1.165) is 6.26 Å². The molecule has 0 aliphatic rings. The molecule has 1 N–H and O–H groups in total. The maximum Gasteiger partial charge on any atom is 0.338 e. The molecule has 0 aliphatic heterocycles. The first-order chi connectivity index (χ1) is 9.77. The van der Waals surface area contributed by atoms with Gasteiger partial charge in [0.25, 0.3) is 0 Å². The first kappa shape index (κ1) is 15.5. The normalized spacial score (nSPS) is 13.1. The van der Waals surface area contributed by atoms with E-state index >= 15 is 0 Å². The van der Waals surface area contributed by atoms with Crippen molar-refractivity contribution < 1.29 is 18.5 Å². The first-order valence-electron chi connectivity index (χ1n) is 6.57. The van der Waals surface area contributed by atoms with E-state index in [1.807, 2.05) is 24.3 Å². The predicted molar refractivity (Wildman–Crippen MR) is 80.9 cm³/mol. The molecule has 1 heterocycles. The van der Waals surface area contributed by atoms with Crippen LogP contribution < -0.4 is 0 Å². The van der Waals surface area contributed by atoms with Crippen molar-refractivity contribution in [2.24, 2.45) is 0 Å². The van der Waals surface area contributed by atoms with Crippen molar-refractivity contribution in [2.45, 2.75) is 36.8 Å². The summed E-state index contributed by atoms with van der Waals surface area (Å²) in [5, 5.41) is 8.82. The molecule has 1 aromatic carbocycles. The monoisotopic (exact) mass is 306 g/mol. The van der Waals surface area contributed by atoms with Gasteiger partial charge in [-0.2, -0.15) is 0 Å². The van der Waals surface area contributed by atoms with E-state index in [2.05, 4.69) is 20.8 Å². The van der Waals surface area contributed by atoms with Crippen LogP contribution in [0, 0.1) is 0 Å². The average Bonchev–Trinajstić information content (AvgIpc) is 2.86. The number of rotatable bonds is 4. The van der Waals surface area contributed by atoms with Gasteiger partial charge in [-0.05, 0) is 29.2 Å². The third-order valence-corrected chi connectivity index (χ3v) is 4.50. The zero-order valence-corrected chi connectivity index (χ0v) is 13.1. The molecule has 1 unspecified atom stereocenters. The predicted octanol–water partition coefficient (Wildman–Crippen LogP) is 3.58. The van der Waals surface area contributed by atoms with Gasteiger partial charge in [0.1, 0.15) is 12.0 Å². The van der Waals surface area contributed by atoms with Gasteiger partial charge < -0.3 is 9.52 Å². The molecule has 0 amide bonds. The fourth-order valence-corrected chi connectivity index (χ4v) is 2.90. The van der Waals surface area contributed by atoms with Gasteiger partial charge in [0.15, 0.2) is 0 Å². The van der Waals surface area contributed by atoms with E-state index in [4.69, 9.17) is 9.52 Å². The Bertz CT molecular complexity index is 662. The van der Waals surface area contributed by atoms with E-state index < -0.39 is 16.8 Å². The minimum absolute atomic E-state index is 0.0530. The molecular weight excluding hydrogens is 288 g/mol. The maximum absolute atomic E-state index is 12.3. The largest absolute Gasteiger partial charge is 0.478 e. The molecular formula is C16H18O4S. The van der Waals surface area contributed by atoms with Crippen molar-refractivity contribution in [1.82, 2.24) is 0 Å². The Labute approximate surface area is 126 Å². The Hall–Kier alpha value is -1.88. The molecule has 0 saturated heterocycles. The second kappa shape index (κ2) is 5.85. The smallest absolute Gasteiger partial charge is 0.338 e. The maximum atomic E-state index is 12.3. The quantitative estimate of drug-likeness (QED) is 0.937. The lowest BCUT2D eigenvalue weighted by molar-refractivity contribution is 0.0696. The molecule has 0 saturated carbocycles. The van der Waals surface area contributed by atoms with Crippen LogP contribution in [0.2, 0.25) is 0 Å². The van der Waals surface area contributed by atoms with Crippen LogP contribution in [0.4, 0.5) is 0 Å². The highest BCUT2D eigenvalue weighted by molar-refractivity contribution is 7.84. The lowest BCUT2D eigenvalue weighted by Crippen LogP contribution is -2.10. The van der Waals surface area contributed by atoms with E-state index in [9.17, 15) is 9.00 Å². The number of hydrogen-bond acceptors (Lipinski definition) is 3. The Balaban J connectivity index is 2.11. The van der Waals surface area contributed by atoms with Crippen molar-refractivity contribution in [2.75, 3.05) is 0 Å². The summed E-state index contributed by atoms with van der Waals surface area (Å²) >= 11 is 0. The standard InChI is InChI=1S/C16H18O4S/c1-16(2,3)12-4-6-14(7-5-12)21(19)10-13-8-11(9-20-13)15(17)18/h4-9H,10H2,1-3H3,(H,17,18). The molecule has 1 atom stereocenters. The number of carboxylic acid groups (broad SMARTS) is 1. The van der Waals surface area contributed by atoms with Gasteiger partial charge in [0.05, 0.1) is 22.1 Å². The third-order valence-electron chi connectivity index (χ3n) is 3.16. The number of aromatic carboxylic acids is 1. The van der Waals surface area contributed by atoms with Gasteiger partial charge in [-0.25, -0.2) is 4.79 Å². The van der Waals surface area contributed by atoms with Crippen LogP contribution in [0.15, 0.2) is 45.9 Å². The molecule has 2 rings (SSSR count). The van der Waals surface area contributed by atoms with Crippen molar-refractivity contribution >= 4 is 16.8 Å². The summed E-state index contributed by atoms with van der Waals surface area (Å²) in [6, 6.07) is 9.04. The Morgan fingerprint density at radius 1 is 1.24 bits per heavy atom. The van der Waals surface area contributed by atoms with E-state index in [1.54, 1.807) is 0 Å². The van der Waals surface area contributed by atoms with Crippen molar-refractivity contribution in [1.29, 1.82) is 0 Å². The minimum Gasteiger partial charge on any atom is -0.478 e. The highest BCUT2D eigenvalue weighted by Crippen LogP contribution is 2.23. The average molecular weight is 306 g/mol. The van der Waals surface area contributed by atoms with Gasteiger partial charge >= 0.3 is 5.97 Å². The topological polar surface area (TPSA) is 67.5 Å². The Morgan fingerprint density at radius 3 is 2.33 bits per heavy atom. The minimum atomic E-state index is -1.26. The molecule has 0 bridgehead atoms. The summed E-state index contributed by atoms with van der Waals surface area (Å²) in [7, 11) is -1.26. The molecule has 0 spiro atoms. The van der Waals surface area contributed by atoms with Crippen LogP contribution >= 0.6 is 0 Å². The van der Waals surface area contributed by atoms with Crippen LogP contribution in [0.25, 0.3) is 0 Å². The fraction of sp³-hybridized carbons (Fsp3) is 0.312. The van der Waals surface area contributed by atoms with Crippen molar-refractivity contribution in [3.63, 3.8) is 0 Å². The van der Waals surface area contributed by atoms with Crippen LogP contribution in [0.5, 0.6) is 0 Å². The number of carboxylic acids is 1. The van der Waals surface area contributed by atoms with Crippen molar-refractivity contribution in [3.05, 3.63) is 53.5 Å². The van der Waals surface area contributed by atoms with Crippen LogP contribution in [0.1, 0.15) is 42.5 Å². The summed E-state index contributed by atoms with van der Waals surface area (Å²) in [6.45, 7) is 6.36. The number of furan rings is 1. The van der Waals surface area contributed by atoms with Crippen molar-refractivity contribution in [3.8, 4) is 0 Å². The van der Waals surface area contributed by atoms with Gasteiger partial charge in [0.2, 0.25) is 0 Å². The number of benzene rings is 1. The lowest BCUT2D eigenvalue weighted by Gasteiger charge is -2.18. The summed E-state index contributed by atoms with van der Waals surface area (Å²) in [5.41, 5.74) is 1.30.